The number of hydrogen-bond acceptors (Lipinski definition) is 2. The van der Waals surface area contributed by atoms with Gasteiger partial charge in [0.05, 0.1) is 0 Å². The molecule has 0 bridgehead atoms. The average molecular weight is 232 g/mol. The lowest BCUT2D eigenvalue weighted by atomic mass is 10.0. The second kappa shape index (κ2) is 5.54. The smallest absolute Gasteiger partial charge is 0.0369 e. The van der Waals surface area contributed by atoms with Crippen molar-refractivity contribution < 1.29 is 0 Å². The van der Waals surface area contributed by atoms with Gasteiger partial charge in [-0.1, -0.05) is 26.0 Å². The molecule has 0 amide bonds. The van der Waals surface area contributed by atoms with Crippen LogP contribution in [0, 0.1) is 0 Å². The third-order valence-electron chi connectivity index (χ3n) is 3.49. The minimum atomic E-state index is 0.584. The van der Waals surface area contributed by atoms with Crippen molar-refractivity contribution in [3.63, 3.8) is 0 Å². The molecule has 17 heavy (non-hydrogen) atoms. The van der Waals surface area contributed by atoms with E-state index in [0.717, 1.165) is 13.1 Å². The fourth-order valence-corrected chi connectivity index (χ4v) is 2.42. The zero-order chi connectivity index (χ0) is 12.3. The van der Waals surface area contributed by atoms with E-state index in [-0.39, 0.29) is 0 Å². The first-order valence-electron chi connectivity index (χ1n) is 6.75. The number of hydrogen-bond donors (Lipinski definition) is 1. The molecule has 0 aromatic heterocycles. The molecule has 0 saturated carbocycles. The lowest BCUT2D eigenvalue weighted by Crippen LogP contribution is -2.35. The molecule has 0 aliphatic carbocycles. The highest BCUT2D eigenvalue weighted by Crippen LogP contribution is 2.22. The third kappa shape index (κ3) is 3.22. The molecule has 1 atom stereocenters. The fourth-order valence-electron chi connectivity index (χ4n) is 2.42. The molecule has 0 spiro atoms. The van der Waals surface area contributed by atoms with E-state index in [0.29, 0.717) is 12.0 Å². The lowest BCUT2D eigenvalue weighted by molar-refractivity contribution is 0.585. The summed E-state index contributed by atoms with van der Waals surface area (Å²) in [7, 11) is 0. The van der Waals surface area contributed by atoms with Crippen molar-refractivity contribution in [1.29, 1.82) is 0 Å². The molecular weight excluding hydrogens is 208 g/mol. The number of rotatable bonds is 2. The molecule has 0 radical (unpaired) electrons. The second-order valence-corrected chi connectivity index (χ2v) is 5.40. The van der Waals surface area contributed by atoms with Gasteiger partial charge in [-0.05, 0) is 43.5 Å². The van der Waals surface area contributed by atoms with Crippen LogP contribution in [0.5, 0.6) is 0 Å². The summed E-state index contributed by atoms with van der Waals surface area (Å²) in [6.45, 7) is 10.2. The van der Waals surface area contributed by atoms with Gasteiger partial charge in [-0.3, -0.25) is 0 Å². The number of anilines is 1. The molecular formula is C15H24N2. The highest BCUT2D eigenvalue weighted by Gasteiger charge is 2.14. The van der Waals surface area contributed by atoms with Crippen molar-refractivity contribution >= 4 is 5.69 Å². The first kappa shape index (κ1) is 12.4. The van der Waals surface area contributed by atoms with Gasteiger partial charge in [0.2, 0.25) is 0 Å². The van der Waals surface area contributed by atoms with Gasteiger partial charge in [0.25, 0.3) is 0 Å². The Labute approximate surface area is 105 Å². The van der Waals surface area contributed by atoms with E-state index in [9.17, 15) is 0 Å². The largest absolute Gasteiger partial charge is 0.370 e. The highest BCUT2D eigenvalue weighted by molar-refractivity contribution is 5.49. The number of nitrogens with zero attached hydrogens (tertiary/aromatic N) is 1. The molecule has 1 aliphatic rings. The van der Waals surface area contributed by atoms with Gasteiger partial charge in [0, 0.05) is 24.8 Å². The lowest BCUT2D eigenvalue weighted by Gasteiger charge is -2.25. The quantitative estimate of drug-likeness (QED) is 0.843. The Morgan fingerprint density at radius 2 is 2.18 bits per heavy atom. The molecule has 1 N–H and O–H groups in total. The Balaban J connectivity index is 2.17. The first-order valence-corrected chi connectivity index (χ1v) is 6.75. The summed E-state index contributed by atoms with van der Waals surface area (Å²) in [5, 5.41) is 3.54. The molecule has 1 unspecified atom stereocenters. The zero-order valence-corrected chi connectivity index (χ0v) is 11.2. The van der Waals surface area contributed by atoms with Crippen LogP contribution >= 0.6 is 0 Å². The van der Waals surface area contributed by atoms with Crippen molar-refractivity contribution in [2.75, 3.05) is 24.5 Å². The molecule has 94 valence electrons. The predicted molar refractivity (Wildman–Crippen MR) is 74.8 cm³/mol. The van der Waals surface area contributed by atoms with Crippen LogP contribution in [0.25, 0.3) is 0 Å². The first-order chi connectivity index (χ1) is 8.16. The third-order valence-corrected chi connectivity index (χ3v) is 3.49. The standard InChI is InChI=1S/C15H24N2/c1-12(2)14-6-4-7-15(10-14)17-9-5-8-16-13(3)11-17/h4,6-7,10,12-13,16H,5,8-9,11H2,1-3H3. The van der Waals surface area contributed by atoms with Crippen molar-refractivity contribution in [1.82, 2.24) is 5.32 Å². The summed E-state index contributed by atoms with van der Waals surface area (Å²) >= 11 is 0. The van der Waals surface area contributed by atoms with Gasteiger partial charge >= 0.3 is 0 Å². The van der Waals surface area contributed by atoms with Crippen LogP contribution in [0.4, 0.5) is 5.69 Å². The van der Waals surface area contributed by atoms with E-state index < -0.39 is 0 Å². The molecule has 2 heteroatoms. The molecule has 1 aromatic rings. The van der Waals surface area contributed by atoms with Gasteiger partial charge in [-0.15, -0.1) is 0 Å². The van der Waals surface area contributed by atoms with Crippen molar-refractivity contribution in [3.8, 4) is 0 Å². The van der Waals surface area contributed by atoms with E-state index >= 15 is 0 Å². The van der Waals surface area contributed by atoms with Crippen molar-refractivity contribution in [2.24, 2.45) is 0 Å². The van der Waals surface area contributed by atoms with Gasteiger partial charge < -0.3 is 10.2 Å². The molecule has 1 aromatic carbocycles. The maximum atomic E-state index is 3.54. The molecule has 1 heterocycles. The van der Waals surface area contributed by atoms with Crippen LogP contribution in [0.15, 0.2) is 24.3 Å². The van der Waals surface area contributed by atoms with E-state index in [2.05, 4.69) is 55.3 Å². The Bertz CT molecular complexity index is 360. The van der Waals surface area contributed by atoms with Crippen LogP contribution < -0.4 is 10.2 Å². The maximum Gasteiger partial charge on any atom is 0.0369 e. The molecule has 1 aliphatic heterocycles. The van der Waals surface area contributed by atoms with Gasteiger partial charge in [-0.25, -0.2) is 0 Å². The Morgan fingerprint density at radius 3 is 2.94 bits per heavy atom. The van der Waals surface area contributed by atoms with Crippen molar-refractivity contribution in [2.45, 2.75) is 39.2 Å². The monoisotopic (exact) mass is 232 g/mol. The zero-order valence-electron chi connectivity index (χ0n) is 11.2. The summed E-state index contributed by atoms with van der Waals surface area (Å²) in [4.78, 5) is 2.51. The van der Waals surface area contributed by atoms with E-state index in [1.54, 1.807) is 0 Å². The van der Waals surface area contributed by atoms with Gasteiger partial charge in [-0.2, -0.15) is 0 Å². The molecule has 2 nitrogen and oxygen atoms in total. The maximum absolute atomic E-state index is 3.54. The summed E-state index contributed by atoms with van der Waals surface area (Å²) in [5.41, 5.74) is 2.82. The fraction of sp³-hybridized carbons (Fsp3) is 0.600. The minimum Gasteiger partial charge on any atom is -0.370 e. The van der Waals surface area contributed by atoms with Crippen molar-refractivity contribution in [3.05, 3.63) is 29.8 Å². The average Bonchev–Trinajstić information content (AvgIpc) is 2.54. The van der Waals surface area contributed by atoms with Crippen LogP contribution in [-0.4, -0.2) is 25.7 Å². The highest BCUT2D eigenvalue weighted by atomic mass is 15.2. The van der Waals surface area contributed by atoms with Crippen LogP contribution in [0.2, 0.25) is 0 Å². The predicted octanol–water partition coefficient (Wildman–Crippen LogP) is 3.00. The molecule has 2 rings (SSSR count). The van der Waals surface area contributed by atoms with E-state index in [4.69, 9.17) is 0 Å². The van der Waals surface area contributed by atoms with E-state index in [1.807, 2.05) is 0 Å². The van der Waals surface area contributed by atoms with Gasteiger partial charge in [0.1, 0.15) is 0 Å². The summed E-state index contributed by atoms with van der Waals surface area (Å²) in [6.07, 6.45) is 1.23. The molecule has 1 fully saturated rings. The summed E-state index contributed by atoms with van der Waals surface area (Å²) in [5.74, 6) is 0.609. The van der Waals surface area contributed by atoms with E-state index in [1.165, 1.54) is 24.2 Å². The Morgan fingerprint density at radius 1 is 1.35 bits per heavy atom. The topological polar surface area (TPSA) is 15.3 Å². The van der Waals surface area contributed by atoms with Crippen LogP contribution in [-0.2, 0) is 0 Å². The summed E-state index contributed by atoms with van der Waals surface area (Å²) < 4.78 is 0. The Kier molecular flexibility index (Phi) is 4.06. The number of nitrogens with one attached hydrogen (secondary N) is 1. The Hall–Kier alpha value is -1.02. The van der Waals surface area contributed by atoms with Gasteiger partial charge in [0.15, 0.2) is 0 Å². The second-order valence-electron chi connectivity index (χ2n) is 5.40. The molecule has 1 saturated heterocycles. The van der Waals surface area contributed by atoms with Crippen LogP contribution in [0.3, 0.4) is 0 Å². The minimum absolute atomic E-state index is 0.584. The van der Waals surface area contributed by atoms with Crippen LogP contribution in [0.1, 0.15) is 38.7 Å². The number of benzene rings is 1. The summed E-state index contributed by atoms with van der Waals surface area (Å²) in [6, 6.07) is 9.59. The normalized spacial score (nSPS) is 21.6. The SMILES string of the molecule is CC1CN(c2cccc(C(C)C)c2)CCCN1.